The zero-order chi connectivity index (χ0) is 22.6. The number of hydrogen-bond donors (Lipinski definition) is 5. The number of nitrogens with zero attached hydrogens (tertiary/aromatic N) is 1. The summed E-state index contributed by atoms with van der Waals surface area (Å²) in [5, 5.41) is 15.7. The molecule has 0 saturated carbocycles. The Morgan fingerprint density at radius 1 is 1.45 bits per heavy atom. The first-order valence-corrected chi connectivity index (χ1v) is 12.1. The highest BCUT2D eigenvalue weighted by atomic mass is 35.5. The third-order valence-electron chi connectivity index (χ3n) is 5.01. The van der Waals surface area contributed by atoms with Crippen LogP contribution in [0.2, 0.25) is 5.02 Å². The number of halogens is 1. The van der Waals surface area contributed by atoms with Gasteiger partial charge in [-0.2, -0.15) is 0 Å². The number of amides is 1. The van der Waals surface area contributed by atoms with E-state index in [9.17, 15) is 13.2 Å². The van der Waals surface area contributed by atoms with E-state index < -0.39 is 27.4 Å². The molecule has 3 rings (SSSR count). The highest BCUT2D eigenvalue weighted by Gasteiger charge is 2.48. The molecule has 2 aromatic rings. The fourth-order valence-electron chi connectivity index (χ4n) is 3.44. The quantitative estimate of drug-likeness (QED) is 0.240. The van der Waals surface area contributed by atoms with Crippen molar-refractivity contribution in [2.75, 3.05) is 25.6 Å². The van der Waals surface area contributed by atoms with Crippen LogP contribution in [0.4, 0.5) is 5.82 Å². The van der Waals surface area contributed by atoms with E-state index >= 15 is 0 Å². The number of thiol groups is 1. The Bertz CT molecular complexity index is 1050. The van der Waals surface area contributed by atoms with E-state index in [4.69, 9.17) is 21.7 Å². The minimum atomic E-state index is -2.86. The highest BCUT2D eigenvalue weighted by molar-refractivity contribution is 7.73. The van der Waals surface area contributed by atoms with Gasteiger partial charge in [0.2, 0.25) is 0 Å². The number of ether oxygens (including phenoxy) is 1. The van der Waals surface area contributed by atoms with Gasteiger partial charge in [0.1, 0.15) is 22.1 Å². The smallest absolute Gasteiger partial charge is 0.266 e. The summed E-state index contributed by atoms with van der Waals surface area (Å²) in [6.45, 7) is 2.24. The standard InChI is InChI=1S/C19H24ClN5O4S2/c1-3-11-5-4-6-15(23-11)24-17(26)13-9-12(20)16(30-13)19(25-18(21)22-2)10-29-8-7-14(19)31(27)28/h4-6,9,14,31H,3,7-8,10H2,1-2H3,(H3,21,22,25)(H,23,24,26)/t14?,19-/m0/s1. The van der Waals surface area contributed by atoms with E-state index in [-0.39, 0.29) is 30.6 Å². The lowest BCUT2D eigenvalue weighted by atomic mass is 9.89. The predicted octanol–water partition coefficient (Wildman–Crippen LogP) is 1.95. The van der Waals surface area contributed by atoms with Gasteiger partial charge >= 0.3 is 0 Å². The van der Waals surface area contributed by atoms with E-state index in [0.717, 1.165) is 23.5 Å². The summed E-state index contributed by atoms with van der Waals surface area (Å²) >= 11 is 7.56. The number of rotatable bonds is 6. The molecule has 1 aliphatic rings. The molecule has 1 aliphatic heterocycles. The molecule has 12 heteroatoms. The molecule has 0 spiro atoms. The Labute approximate surface area is 191 Å². The highest BCUT2D eigenvalue weighted by Crippen LogP contribution is 2.42. The van der Waals surface area contributed by atoms with E-state index in [1.807, 2.05) is 19.1 Å². The van der Waals surface area contributed by atoms with Crippen molar-refractivity contribution in [3.05, 3.63) is 44.7 Å². The van der Waals surface area contributed by atoms with Crippen molar-refractivity contribution in [1.29, 1.82) is 5.41 Å². The number of anilines is 1. The second kappa shape index (κ2) is 9.94. The maximum atomic E-state index is 12.8. The zero-order valence-electron chi connectivity index (χ0n) is 17.0. The van der Waals surface area contributed by atoms with E-state index in [1.165, 1.54) is 6.07 Å². The van der Waals surface area contributed by atoms with Crippen molar-refractivity contribution in [3.8, 4) is 0 Å². The van der Waals surface area contributed by atoms with Crippen molar-refractivity contribution in [3.63, 3.8) is 0 Å². The molecule has 0 aromatic carbocycles. The number of pyridine rings is 1. The first-order valence-electron chi connectivity index (χ1n) is 9.63. The monoisotopic (exact) mass is 485 g/mol. The minimum absolute atomic E-state index is 0.00751. The molecule has 2 aromatic heterocycles. The molecule has 0 aliphatic carbocycles. The summed E-state index contributed by atoms with van der Waals surface area (Å²) in [4.78, 5) is 17.9. The Morgan fingerprint density at radius 2 is 2.23 bits per heavy atom. The topological polar surface area (TPSA) is 133 Å². The Kier molecular flexibility index (Phi) is 7.52. The van der Waals surface area contributed by atoms with Crippen LogP contribution in [0.5, 0.6) is 0 Å². The van der Waals surface area contributed by atoms with Crippen LogP contribution in [-0.2, 0) is 27.4 Å². The number of aryl methyl sites for hydroxylation is 1. The van der Waals surface area contributed by atoms with E-state index in [0.29, 0.717) is 15.6 Å². The van der Waals surface area contributed by atoms with Crippen molar-refractivity contribution in [2.45, 2.75) is 30.6 Å². The molecule has 0 radical (unpaired) electrons. The van der Waals surface area contributed by atoms with Crippen molar-refractivity contribution >= 4 is 51.3 Å². The number of carbonyl (C=O) groups is 1. The molecule has 1 unspecified atom stereocenters. The van der Waals surface area contributed by atoms with Crippen LogP contribution < -0.4 is 16.0 Å². The molecule has 1 saturated heterocycles. The van der Waals surface area contributed by atoms with Gasteiger partial charge in [-0.1, -0.05) is 24.6 Å². The SMILES string of the molecule is CCc1cccc(NC(=O)c2cc(Cl)c([C@]3(NC(=N)NC)COCCC3[SH](=O)=O)s2)n1. The first kappa shape index (κ1) is 23.5. The van der Waals surface area contributed by atoms with E-state index in [1.54, 1.807) is 13.1 Å². The lowest BCUT2D eigenvalue weighted by Crippen LogP contribution is -2.61. The minimum Gasteiger partial charge on any atom is -0.379 e. The van der Waals surface area contributed by atoms with Crippen LogP contribution in [0.15, 0.2) is 24.3 Å². The summed E-state index contributed by atoms with van der Waals surface area (Å²) < 4.78 is 29.8. The number of carbonyl (C=O) groups excluding carboxylic acids is 1. The summed E-state index contributed by atoms with van der Waals surface area (Å²) in [5.74, 6) is -0.0670. The third-order valence-corrected chi connectivity index (χ3v) is 7.94. The number of thiophene rings is 1. The van der Waals surface area contributed by atoms with Gasteiger partial charge in [0, 0.05) is 19.3 Å². The second-order valence-electron chi connectivity index (χ2n) is 6.97. The van der Waals surface area contributed by atoms with Crippen LogP contribution >= 0.6 is 22.9 Å². The van der Waals surface area contributed by atoms with Crippen molar-refractivity contribution in [2.24, 2.45) is 0 Å². The van der Waals surface area contributed by atoms with Crippen LogP contribution in [-0.4, -0.2) is 50.8 Å². The Balaban J connectivity index is 1.98. The summed E-state index contributed by atoms with van der Waals surface area (Å²) in [6.07, 6.45) is 0.977. The predicted molar refractivity (Wildman–Crippen MR) is 122 cm³/mol. The van der Waals surface area contributed by atoms with Gasteiger partial charge in [0.25, 0.3) is 5.91 Å². The molecule has 168 valence electrons. The first-order chi connectivity index (χ1) is 14.8. The van der Waals surface area contributed by atoms with Gasteiger partial charge in [-0.15, -0.1) is 11.3 Å². The molecule has 3 heterocycles. The van der Waals surface area contributed by atoms with Crippen molar-refractivity contribution in [1.82, 2.24) is 15.6 Å². The molecule has 31 heavy (non-hydrogen) atoms. The lowest BCUT2D eigenvalue weighted by Gasteiger charge is -2.42. The lowest BCUT2D eigenvalue weighted by molar-refractivity contribution is 0.0317. The van der Waals surface area contributed by atoms with Gasteiger partial charge in [-0.25, -0.2) is 13.4 Å². The second-order valence-corrected chi connectivity index (χ2v) is 9.63. The molecule has 2 atom stereocenters. The zero-order valence-corrected chi connectivity index (χ0v) is 19.5. The Morgan fingerprint density at radius 3 is 2.90 bits per heavy atom. The van der Waals surface area contributed by atoms with Gasteiger partial charge in [-0.3, -0.25) is 10.2 Å². The molecule has 1 fully saturated rings. The number of nitrogens with one attached hydrogen (secondary N) is 4. The number of guanidine groups is 1. The maximum absolute atomic E-state index is 12.8. The number of aromatic nitrogens is 1. The van der Waals surface area contributed by atoms with Gasteiger partial charge in [0.05, 0.1) is 26.6 Å². The largest absolute Gasteiger partial charge is 0.379 e. The van der Waals surface area contributed by atoms with Gasteiger partial charge < -0.3 is 20.7 Å². The molecule has 4 N–H and O–H groups in total. The normalized spacial score (nSPS) is 21.0. The van der Waals surface area contributed by atoms with Crippen LogP contribution in [0.25, 0.3) is 0 Å². The van der Waals surface area contributed by atoms with Gasteiger partial charge in [0.15, 0.2) is 5.96 Å². The van der Waals surface area contributed by atoms with Gasteiger partial charge in [-0.05, 0) is 31.0 Å². The molecular formula is C19H24ClN5O4S2. The van der Waals surface area contributed by atoms with Crippen LogP contribution in [0, 0.1) is 5.41 Å². The summed E-state index contributed by atoms with van der Waals surface area (Å²) in [7, 11) is -1.31. The Hall–Kier alpha value is -2.21. The molecule has 9 nitrogen and oxygen atoms in total. The summed E-state index contributed by atoms with van der Waals surface area (Å²) in [5.41, 5.74) is -0.438. The fraction of sp³-hybridized carbons (Fsp3) is 0.421. The average molecular weight is 486 g/mol. The molecule has 1 amide bonds. The van der Waals surface area contributed by atoms with Crippen molar-refractivity contribution < 1.29 is 17.9 Å². The molecular weight excluding hydrogens is 462 g/mol. The average Bonchev–Trinajstić information content (AvgIpc) is 3.16. The number of hydrogen-bond acceptors (Lipinski definition) is 7. The van der Waals surface area contributed by atoms with Crippen LogP contribution in [0.3, 0.4) is 0 Å². The maximum Gasteiger partial charge on any atom is 0.266 e. The molecule has 0 bridgehead atoms. The third kappa shape index (κ3) is 5.00. The van der Waals surface area contributed by atoms with E-state index in [2.05, 4.69) is 20.9 Å². The fourth-order valence-corrected chi connectivity index (χ4v) is 6.06. The van der Waals surface area contributed by atoms with Crippen LogP contribution in [0.1, 0.15) is 33.6 Å². The summed E-state index contributed by atoms with van der Waals surface area (Å²) in [6, 6.07) is 6.87.